The Morgan fingerprint density at radius 3 is 2.81 bits per heavy atom. The highest BCUT2D eigenvalue weighted by Gasteiger charge is 2.09. The summed E-state index contributed by atoms with van der Waals surface area (Å²) in [4.78, 5) is 4.29. The summed E-state index contributed by atoms with van der Waals surface area (Å²) in [6.45, 7) is 0. The number of benzene rings is 2. The van der Waals surface area contributed by atoms with Crippen LogP contribution in [0.25, 0.3) is 10.9 Å². The van der Waals surface area contributed by atoms with Gasteiger partial charge in [-0.05, 0) is 53.9 Å². The molecule has 1 atom stereocenters. The number of hydrogen-bond donors (Lipinski definition) is 1. The van der Waals surface area contributed by atoms with Gasteiger partial charge in [-0.3, -0.25) is 4.98 Å². The Kier molecular flexibility index (Phi) is 3.99. The van der Waals surface area contributed by atoms with Crippen LogP contribution in [-0.4, -0.2) is 4.98 Å². The summed E-state index contributed by atoms with van der Waals surface area (Å²) in [6, 6.07) is 14.6. The molecule has 2 N–H and O–H groups in total. The molecule has 2 aromatic carbocycles. The summed E-state index contributed by atoms with van der Waals surface area (Å²) in [5.41, 5.74) is 9.11. The first kappa shape index (κ1) is 14.2. The van der Waals surface area contributed by atoms with Gasteiger partial charge in [-0.1, -0.05) is 28.1 Å². The molecule has 0 amide bonds. The van der Waals surface area contributed by atoms with Crippen molar-refractivity contribution in [3.63, 3.8) is 0 Å². The van der Waals surface area contributed by atoms with Crippen molar-refractivity contribution in [2.24, 2.45) is 5.73 Å². The number of halogens is 2. The van der Waals surface area contributed by atoms with Crippen LogP contribution in [0, 0.1) is 5.82 Å². The lowest BCUT2D eigenvalue weighted by atomic mass is 9.98. The topological polar surface area (TPSA) is 38.9 Å². The molecule has 1 aromatic heterocycles. The van der Waals surface area contributed by atoms with Gasteiger partial charge < -0.3 is 5.73 Å². The molecule has 0 bridgehead atoms. The molecule has 3 aromatic rings. The summed E-state index contributed by atoms with van der Waals surface area (Å²) in [5.74, 6) is -0.255. The third-order valence-electron chi connectivity index (χ3n) is 3.43. The maximum atomic E-state index is 13.4. The van der Waals surface area contributed by atoms with E-state index in [9.17, 15) is 4.39 Å². The molecule has 3 rings (SSSR count). The normalized spacial score (nSPS) is 12.5. The largest absolute Gasteiger partial charge is 0.324 e. The molecule has 0 aliphatic heterocycles. The zero-order valence-corrected chi connectivity index (χ0v) is 12.8. The molecule has 0 aliphatic rings. The van der Waals surface area contributed by atoms with Gasteiger partial charge in [0.1, 0.15) is 5.82 Å². The molecule has 21 heavy (non-hydrogen) atoms. The molecule has 1 unspecified atom stereocenters. The van der Waals surface area contributed by atoms with Gasteiger partial charge in [0, 0.05) is 22.1 Å². The number of fused-ring (bicyclic) bond motifs is 1. The van der Waals surface area contributed by atoms with Crippen molar-refractivity contribution < 1.29 is 4.39 Å². The van der Waals surface area contributed by atoms with E-state index < -0.39 is 0 Å². The van der Waals surface area contributed by atoms with Crippen molar-refractivity contribution >= 4 is 26.8 Å². The van der Waals surface area contributed by atoms with E-state index in [4.69, 9.17) is 5.73 Å². The van der Waals surface area contributed by atoms with Crippen LogP contribution in [0.4, 0.5) is 4.39 Å². The highest BCUT2D eigenvalue weighted by Crippen LogP contribution is 2.23. The van der Waals surface area contributed by atoms with Crippen LogP contribution >= 0.6 is 15.9 Å². The highest BCUT2D eigenvalue weighted by molar-refractivity contribution is 9.10. The quantitative estimate of drug-likeness (QED) is 0.765. The molecule has 4 heteroatoms. The molecule has 106 valence electrons. The third-order valence-corrected chi connectivity index (χ3v) is 3.89. The van der Waals surface area contributed by atoms with Gasteiger partial charge in [0.05, 0.1) is 5.52 Å². The second-order valence-electron chi connectivity index (χ2n) is 5.04. The second kappa shape index (κ2) is 5.92. The van der Waals surface area contributed by atoms with Gasteiger partial charge in [-0.15, -0.1) is 0 Å². The first-order valence-electron chi connectivity index (χ1n) is 6.67. The maximum Gasteiger partial charge on any atom is 0.124 e. The SMILES string of the molecule is NC(Cc1cc(F)cc(Br)c1)c1ccc2ncccc2c1. The fraction of sp³-hybridized carbons (Fsp3) is 0.118. The van der Waals surface area contributed by atoms with E-state index in [1.807, 2.05) is 36.4 Å². The Morgan fingerprint density at radius 1 is 1.14 bits per heavy atom. The van der Waals surface area contributed by atoms with Crippen molar-refractivity contribution in [2.75, 3.05) is 0 Å². The van der Waals surface area contributed by atoms with Crippen LogP contribution in [0.2, 0.25) is 0 Å². The molecule has 0 fully saturated rings. The molecule has 2 nitrogen and oxygen atoms in total. The molecule has 0 radical (unpaired) electrons. The number of rotatable bonds is 3. The number of aromatic nitrogens is 1. The van der Waals surface area contributed by atoms with E-state index in [0.29, 0.717) is 6.42 Å². The van der Waals surface area contributed by atoms with Gasteiger partial charge in [-0.25, -0.2) is 4.39 Å². The molecule has 0 saturated heterocycles. The highest BCUT2D eigenvalue weighted by atomic mass is 79.9. The minimum absolute atomic E-state index is 0.177. The van der Waals surface area contributed by atoms with Crippen molar-refractivity contribution in [1.82, 2.24) is 4.98 Å². The fourth-order valence-corrected chi connectivity index (χ4v) is 2.94. The lowest BCUT2D eigenvalue weighted by molar-refractivity contribution is 0.621. The summed E-state index contributed by atoms with van der Waals surface area (Å²) >= 11 is 3.30. The first-order chi connectivity index (χ1) is 10.1. The Hall–Kier alpha value is -1.78. The van der Waals surface area contributed by atoms with Crippen LogP contribution in [0.15, 0.2) is 59.2 Å². The standard InChI is InChI=1S/C17H14BrFN2/c18-14-6-11(7-15(19)10-14)8-16(20)12-3-4-17-13(9-12)2-1-5-21-17/h1-7,9-10,16H,8,20H2. The van der Waals surface area contributed by atoms with E-state index in [-0.39, 0.29) is 11.9 Å². The average Bonchev–Trinajstić information content (AvgIpc) is 2.45. The van der Waals surface area contributed by atoms with Crippen molar-refractivity contribution in [1.29, 1.82) is 0 Å². The Morgan fingerprint density at radius 2 is 2.00 bits per heavy atom. The van der Waals surface area contributed by atoms with Gasteiger partial charge >= 0.3 is 0 Å². The minimum atomic E-state index is -0.255. The van der Waals surface area contributed by atoms with E-state index in [1.165, 1.54) is 12.1 Å². The van der Waals surface area contributed by atoms with E-state index in [0.717, 1.165) is 26.5 Å². The van der Waals surface area contributed by atoms with Crippen LogP contribution in [0.3, 0.4) is 0 Å². The number of hydrogen-bond acceptors (Lipinski definition) is 2. The summed E-state index contributed by atoms with van der Waals surface area (Å²) in [6.07, 6.45) is 2.36. The maximum absolute atomic E-state index is 13.4. The molecular weight excluding hydrogens is 331 g/mol. The predicted octanol–water partition coefficient (Wildman–Crippen LogP) is 4.38. The molecule has 0 aliphatic carbocycles. The second-order valence-corrected chi connectivity index (χ2v) is 5.96. The van der Waals surface area contributed by atoms with Crippen LogP contribution in [0.5, 0.6) is 0 Å². The van der Waals surface area contributed by atoms with Crippen LogP contribution in [-0.2, 0) is 6.42 Å². The zero-order chi connectivity index (χ0) is 14.8. The van der Waals surface area contributed by atoms with E-state index in [2.05, 4.69) is 20.9 Å². The van der Waals surface area contributed by atoms with Gasteiger partial charge in [-0.2, -0.15) is 0 Å². The number of pyridine rings is 1. The van der Waals surface area contributed by atoms with Crippen molar-refractivity contribution in [3.05, 3.63) is 76.1 Å². The van der Waals surface area contributed by atoms with Crippen LogP contribution in [0.1, 0.15) is 17.2 Å². The lowest BCUT2D eigenvalue weighted by Crippen LogP contribution is -2.13. The smallest absolute Gasteiger partial charge is 0.124 e. The molecule has 0 saturated carbocycles. The monoisotopic (exact) mass is 344 g/mol. The summed E-state index contributed by atoms with van der Waals surface area (Å²) in [7, 11) is 0. The Bertz CT molecular complexity index is 768. The first-order valence-corrected chi connectivity index (χ1v) is 7.46. The molecule has 1 heterocycles. The zero-order valence-electron chi connectivity index (χ0n) is 11.3. The third kappa shape index (κ3) is 3.28. The Balaban J connectivity index is 1.87. The molecular formula is C17H14BrFN2. The van der Waals surface area contributed by atoms with Crippen molar-refractivity contribution in [2.45, 2.75) is 12.5 Å². The number of nitrogens with zero attached hydrogens (tertiary/aromatic N) is 1. The number of nitrogens with two attached hydrogens (primary N) is 1. The predicted molar refractivity (Wildman–Crippen MR) is 86.5 cm³/mol. The van der Waals surface area contributed by atoms with E-state index >= 15 is 0 Å². The average molecular weight is 345 g/mol. The molecule has 0 spiro atoms. The van der Waals surface area contributed by atoms with Crippen molar-refractivity contribution in [3.8, 4) is 0 Å². The summed E-state index contributed by atoms with van der Waals surface area (Å²) < 4.78 is 14.1. The Labute approximate surface area is 130 Å². The van der Waals surface area contributed by atoms with E-state index in [1.54, 1.807) is 6.20 Å². The fourth-order valence-electron chi connectivity index (χ4n) is 2.43. The lowest BCUT2D eigenvalue weighted by Gasteiger charge is -2.13. The van der Waals surface area contributed by atoms with Gasteiger partial charge in [0.25, 0.3) is 0 Å². The summed E-state index contributed by atoms with van der Waals surface area (Å²) in [5, 5.41) is 1.06. The minimum Gasteiger partial charge on any atom is -0.324 e. The van der Waals surface area contributed by atoms with Crippen LogP contribution < -0.4 is 5.73 Å². The van der Waals surface area contributed by atoms with Gasteiger partial charge in [0.15, 0.2) is 0 Å². The van der Waals surface area contributed by atoms with Gasteiger partial charge in [0.2, 0.25) is 0 Å².